The molecule has 0 N–H and O–H groups in total. The van der Waals surface area contributed by atoms with Gasteiger partial charge in [-0.15, -0.1) is 0 Å². The summed E-state index contributed by atoms with van der Waals surface area (Å²) in [5.74, 6) is -1.30. The number of hydrogen-bond donors (Lipinski definition) is 0. The Balaban J connectivity index is 2.76. The first-order valence-corrected chi connectivity index (χ1v) is 6.25. The van der Waals surface area contributed by atoms with Gasteiger partial charge in [-0.2, -0.15) is 0 Å². The zero-order valence-corrected chi connectivity index (χ0v) is 11.5. The number of hydrogen-bond acceptors (Lipinski definition) is 3. The molecule has 1 aromatic carbocycles. The molecule has 0 saturated heterocycles. The fraction of sp³-hybridized carbons (Fsp3) is 0.385. The summed E-state index contributed by atoms with van der Waals surface area (Å²) in [6, 6.07) is 7.55. The molecule has 0 unspecified atom stereocenters. The second-order valence-electron chi connectivity index (χ2n) is 3.75. The number of ketones is 1. The molecule has 0 saturated carbocycles. The second kappa shape index (κ2) is 6.55. The average molecular weight is 299 g/mol. The number of halogens is 1. The zero-order chi connectivity index (χ0) is 12.8. The van der Waals surface area contributed by atoms with Crippen LogP contribution in [0.15, 0.2) is 28.7 Å². The van der Waals surface area contributed by atoms with Crippen LogP contribution in [0.4, 0.5) is 0 Å². The van der Waals surface area contributed by atoms with Crippen LogP contribution in [-0.2, 0) is 20.7 Å². The number of benzene rings is 1. The number of carbonyl (C=O) groups is 2. The first kappa shape index (κ1) is 13.9. The van der Waals surface area contributed by atoms with E-state index in [1.807, 2.05) is 24.3 Å². The van der Waals surface area contributed by atoms with Crippen LogP contribution in [0.2, 0.25) is 0 Å². The molecule has 3 nitrogen and oxygen atoms in total. The molecule has 0 aliphatic rings. The molecule has 4 heteroatoms. The summed E-state index contributed by atoms with van der Waals surface area (Å²) in [6.45, 7) is 3.44. The van der Waals surface area contributed by atoms with Crippen LogP contribution < -0.4 is 0 Å². The number of ether oxygens (including phenoxy) is 1. The van der Waals surface area contributed by atoms with E-state index in [0.717, 1.165) is 10.0 Å². The third-order valence-corrected chi connectivity index (χ3v) is 2.94. The van der Waals surface area contributed by atoms with E-state index in [-0.39, 0.29) is 5.78 Å². The monoisotopic (exact) mass is 298 g/mol. The average Bonchev–Trinajstić information content (AvgIpc) is 2.28. The van der Waals surface area contributed by atoms with Gasteiger partial charge in [0.2, 0.25) is 0 Å². The lowest BCUT2D eigenvalue weighted by molar-refractivity contribution is -0.151. The maximum atomic E-state index is 11.6. The molecule has 1 rings (SSSR count). The molecule has 0 aliphatic heterocycles. The van der Waals surface area contributed by atoms with Crippen molar-refractivity contribution in [3.63, 3.8) is 0 Å². The van der Waals surface area contributed by atoms with E-state index in [2.05, 4.69) is 15.9 Å². The topological polar surface area (TPSA) is 43.4 Å². The van der Waals surface area contributed by atoms with Gasteiger partial charge < -0.3 is 4.74 Å². The molecule has 17 heavy (non-hydrogen) atoms. The SMILES string of the molecule is CCOC(=O)[C@H](Cc1ccc(Br)cc1)C(C)=O. The maximum absolute atomic E-state index is 11.6. The van der Waals surface area contributed by atoms with Crippen molar-refractivity contribution in [2.45, 2.75) is 20.3 Å². The minimum absolute atomic E-state index is 0.161. The van der Waals surface area contributed by atoms with Crippen molar-refractivity contribution >= 4 is 27.7 Å². The Hall–Kier alpha value is -1.16. The summed E-state index contributed by atoms with van der Waals surface area (Å²) in [4.78, 5) is 23.0. The fourth-order valence-electron chi connectivity index (χ4n) is 1.49. The summed E-state index contributed by atoms with van der Waals surface area (Å²) in [5.41, 5.74) is 0.946. The number of rotatable bonds is 5. The first-order valence-electron chi connectivity index (χ1n) is 5.46. The second-order valence-corrected chi connectivity index (χ2v) is 4.66. The molecule has 0 bridgehead atoms. The van der Waals surface area contributed by atoms with Crippen molar-refractivity contribution in [2.75, 3.05) is 6.61 Å². The number of Topliss-reactive ketones (excluding diaryl/α,β-unsaturated/α-hetero) is 1. The minimum Gasteiger partial charge on any atom is -0.465 e. The molecule has 0 radical (unpaired) electrons. The quantitative estimate of drug-likeness (QED) is 0.620. The van der Waals surface area contributed by atoms with Crippen LogP contribution in [0, 0.1) is 5.92 Å². The largest absolute Gasteiger partial charge is 0.465 e. The van der Waals surface area contributed by atoms with Gasteiger partial charge in [0.1, 0.15) is 11.7 Å². The Morgan fingerprint density at radius 3 is 2.35 bits per heavy atom. The maximum Gasteiger partial charge on any atom is 0.316 e. The van der Waals surface area contributed by atoms with Gasteiger partial charge in [-0.25, -0.2) is 0 Å². The molecule has 1 atom stereocenters. The standard InChI is InChI=1S/C13H15BrO3/c1-3-17-13(16)12(9(2)15)8-10-4-6-11(14)7-5-10/h4-7,12H,3,8H2,1-2H3/t12-/m1/s1. The van der Waals surface area contributed by atoms with Gasteiger partial charge in [-0.1, -0.05) is 28.1 Å². The van der Waals surface area contributed by atoms with Crippen molar-refractivity contribution in [3.05, 3.63) is 34.3 Å². The fourth-order valence-corrected chi connectivity index (χ4v) is 1.76. The lowest BCUT2D eigenvalue weighted by atomic mass is 9.96. The van der Waals surface area contributed by atoms with Crippen LogP contribution in [0.5, 0.6) is 0 Å². The van der Waals surface area contributed by atoms with E-state index < -0.39 is 11.9 Å². The predicted octanol–water partition coefficient (Wildman–Crippen LogP) is 2.76. The molecule has 92 valence electrons. The van der Waals surface area contributed by atoms with Crippen LogP contribution in [-0.4, -0.2) is 18.4 Å². The van der Waals surface area contributed by atoms with Crippen LogP contribution in [0.3, 0.4) is 0 Å². The van der Waals surface area contributed by atoms with E-state index >= 15 is 0 Å². The van der Waals surface area contributed by atoms with Crippen molar-refractivity contribution in [2.24, 2.45) is 5.92 Å². The van der Waals surface area contributed by atoms with Gasteiger partial charge in [0.25, 0.3) is 0 Å². The predicted molar refractivity (Wildman–Crippen MR) is 68.7 cm³/mol. The normalized spacial score (nSPS) is 11.9. The molecule has 0 fully saturated rings. The van der Waals surface area contributed by atoms with Crippen LogP contribution in [0.25, 0.3) is 0 Å². The number of carbonyl (C=O) groups excluding carboxylic acids is 2. The Morgan fingerprint density at radius 2 is 1.88 bits per heavy atom. The Bertz CT molecular complexity index is 398. The Kier molecular flexibility index (Phi) is 5.35. The third kappa shape index (κ3) is 4.30. The Labute approximate surface area is 109 Å². The molecule has 0 heterocycles. The zero-order valence-electron chi connectivity index (χ0n) is 9.90. The lowest BCUT2D eigenvalue weighted by Gasteiger charge is -2.12. The van der Waals surface area contributed by atoms with Gasteiger partial charge in [0, 0.05) is 4.47 Å². The van der Waals surface area contributed by atoms with E-state index in [9.17, 15) is 9.59 Å². The summed E-state index contributed by atoms with van der Waals surface area (Å²) in [5, 5.41) is 0. The summed E-state index contributed by atoms with van der Waals surface area (Å²) < 4.78 is 5.86. The van der Waals surface area contributed by atoms with E-state index in [4.69, 9.17) is 4.74 Å². The highest BCUT2D eigenvalue weighted by atomic mass is 79.9. The summed E-state index contributed by atoms with van der Waals surface area (Å²) in [7, 11) is 0. The van der Waals surface area contributed by atoms with Gasteiger partial charge in [-0.3, -0.25) is 9.59 Å². The highest BCUT2D eigenvalue weighted by molar-refractivity contribution is 9.10. The van der Waals surface area contributed by atoms with Crippen molar-refractivity contribution < 1.29 is 14.3 Å². The van der Waals surface area contributed by atoms with Crippen molar-refractivity contribution in [3.8, 4) is 0 Å². The minimum atomic E-state index is -0.698. The third-order valence-electron chi connectivity index (χ3n) is 2.41. The number of esters is 1. The first-order chi connectivity index (χ1) is 8.04. The molecule has 1 aromatic rings. The Morgan fingerprint density at radius 1 is 1.29 bits per heavy atom. The van der Waals surface area contributed by atoms with E-state index in [1.54, 1.807) is 6.92 Å². The smallest absolute Gasteiger partial charge is 0.316 e. The van der Waals surface area contributed by atoms with Crippen LogP contribution in [0.1, 0.15) is 19.4 Å². The van der Waals surface area contributed by atoms with Crippen LogP contribution >= 0.6 is 15.9 Å². The summed E-state index contributed by atoms with van der Waals surface area (Å²) in [6.07, 6.45) is 0.390. The van der Waals surface area contributed by atoms with Gasteiger partial charge in [0.05, 0.1) is 6.61 Å². The molecule has 0 spiro atoms. The highest BCUT2D eigenvalue weighted by Gasteiger charge is 2.24. The molecule has 0 aromatic heterocycles. The molecule has 0 amide bonds. The van der Waals surface area contributed by atoms with E-state index in [0.29, 0.717) is 13.0 Å². The van der Waals surface area contributed by atoms with Gasteiger partial charge in [0.15, 0.2) is 0 Å². The highest BCUT2D eigenvalue weighted by Crippen LogP contribution is 2.15. The van der Waals surface area contributed by atoms with Crippen molar-refractivity contribution in [1.29, 1.82) is 0 Å². The van der Waals surface area contributed by atoms with E-state index in [1.165, 1.54) is 6.92 Å². The molecular weight excluding hydrogens is 284 g/mol. The van der Waals surface area contributed by atoms with Crippen molar-refractivity contribution in [1.82, 2.24) is 0 Å². The van der Waals surface area contributed by atoms with Gasteiger partial charge in [-0.05, 0) is 38.0 Å². The molecule has 0 aliphatic carbocycles. The van der Waals surface area contributed by atoms with Gasteiger partial charge >= 0.3 is 5.97 Å². The summed E-state index contributed by atoms with van der Waals surface area (Å²) >= 11 is 3.34. The lowest BCUT2D eigenvalue weighted by Crippen LogP contribution is -2.26. The molecular formula is C13H15BrO3.